The summed E-state index contributed by atoms with van der Waals surface area (Å²) in [6.45, 7) is 2.09. The predicted octanol–water partition coefficient (Wildman–Crippen LogP) is 4.15. The summed E-state index contributed by atoms with van der Waals surface area (Å²) in [5, 5.41) is 0. The fourth-order valence-corrected chi connectivity index (χ4v) is 7.49. The Kier molecular flexibility index (Phi) is 6.07. The summed E-state index contributed by atoms with van der Waals surface area (Å²) in [7, 11) is 2.08. The van der Waals surface area contributed by atoms with E-state index in [9.17, 15) is 8.42 Å². The van der Waals surface area contributed by atoms with Gasteiger partial charge < -0.3 is 28.4 Å². The highest BCUT2D eigenvalue weighted by Gasteiger charge is 2.73. The van der Waals surface area contributed by atoms with E-state index in [4.69, 9.17) is 32.6 Å². The van der Waals surface area contributed by atoms with Crippen molar-refractivity contribution >= 4 is 10.1 Å². The van der Waals surface area contributed by atoms with Crippen LogP contribution in [0.25, 0.3) is 0 Å². The van der Waals surface area contributed by atoms with E-state index in [0.29, 0.717) is 28.6 Å². The molecular formula is C29H30O9S. The number of aryl methyl sites for hydroxylation is 1. The molecule has 6 rings (SSSR count). The molecule has 3 aliphatic rings. The largest absolute Gasteiger partial charge is 0.493 e. The summed E-state index contributed by atoms with van der Waals surface area (Å²) in [5.41, 5.74) is 0.769. The third-order valence-electron chi connectivity index (χ3n) is 8.10. The number of hydrogen-bond acceptors (Lipinski definition) is 9. The van der Waals surface area contributed by atoms with Crippen molar-refractivity contribution < 1.29 is 41.0 Å². The zero-order valence-corrected chi connectivity index (χ0v) is 23.2. The van der Waals surface area contributed by atoms with Crippen molar-refractivity contribution in [3.63, 3.8) is 0 Å². The van der Waals surface area contributed by atoms with Crippen LogP contribution in [-0.4, -0.2) is 55.7 Å². The Bertz CT molecular complexity index is 1540. The Hall–Kier alpha value is -3.31. The molecule has 0 spiro atoms. The maximum atomic E-state index is 13.7. The van der Waals surface area contributed by atoms with Crippen molar-refractivity contribution in [3.05, 3.63) is 76.9 Å². The minimum absolute atomic E-state index is 0.0128. The smallest absolute Gasteiger partial charge is 0.297 e. The molecule has 10 heteroatoms. The Morgan fingerprint density at radius 2 is 1.46 bits per heavy atom. The monoisotopic (exact) mass is 554 g/mol. The van der Waals surface area contributed by atoms with Gasteiger partial charge in [0.25, 0.3) is 10.1 Å². The molecule has 0 amide bonds. The van der Waals surface area contributed by atoms with Gasteiger partial charge in [0.2, 0.25) is 0 Å². The highest BCUT2D eigenvalue weighted by atomic mass is 32.2. The van der Waals surface area contributed by atoms with E-state index in [1.54, 1.807) is 58.8 Å². The molecule has 2 saturated heterocycles. The van der Waals surface area contributed by atoms with E-state index in [1.807, 2.05) is 31.2 Å². The highest BCUT2D eigenvalue weighted by Crippen LogP contribution is 2.67. The second-order valence-electron chi connectivity index (χ2n) is 9.96. The Labute approximate surface area is 227 Å². The first-order valence-electron chi connectivity index (χ1n) is 12.5. The van der Waals surface area contributed by atoms with Crippen LogP contribution < -0.4 is 18.9 Å². The van der Waals surface area contributed by atoms with Crippen LogP contribution in [0.5, 0.6) is 23.0 Å². The van der Waals surface area contributed by atoms with Crippen LogP contribution in [0, 0.1) is 12.8 Å². The van der Waals surface area contributed by atoms with Crippen molar-refractivity contribution in [2.24, 2.45) is 5.92 Å². The molecule has 0 N–H and O–H groups in total. The van der Waals surface area contributed by atoms with Gasteiger partial charge in [-0.25, -0.2) is 0 Å². The molecule has 2 fully saturated rings. The van der Waals surface area contributed by atoms with Crippen LogP contribution in [-0.2, 0) is 29.4 Å². The molecule has 0 unspecified atom stereocenters. The Morgan fingerprint density at radius 1 is 0.821 bits per heavy atom. The molecule has 4 bridgehead atoms. The summed E-state index contributed by atoms with van der Waals surface area (Å²) >= 11 is 0. The summed E-state index contributed by atoms with van der Waals surface area (Å²) in [6, 6.07) is 15.8. The quantitative estimate of drug-likeness (QED) is 0.380. The van der Waals surface area contributed by atoms with Crippen molar-refractivity contribution in [1.29, 1.82) is 0 Å². The minimum atomic E-state index is -4.17. The average molecular weight is 555 g/mol. The van der Waals surface area contributed by atoms with Gasteiger partial charge in [0.15, 0.2) is 23.0 Å². The van der Waals surface area contributed by atoms with Crippen molar-refractivity contribution in [2.75, 3.05) is 41.7 Å². The van der Waals surface area contributed by atoms with E-state index in [0.717, 1.165) is 16.7 Å². The fraction of sp³-hybridized carbons (Fsp3) is 0.379. The van der Waals surface area contributed by atoms with Crippen molar-refractivity contribution in [3.8, 4) is 23.0 Å². The topological polar surface area (TPSA) is 98.8 Å². The molecule has 4 atom stereocenters. The van der Waals surface area contributed by atoms with Crippen LogP contribution in [0.3, 0.4) is 0 Å². The lowest BCUT2D eigenvalue weighted by molar-refractivity contribution is -0.0436. The van der Waals surface area contributed by atoms with Crippen LogP contribution in [0.15, 0.2) is 59.5 Å². The molecule has 1 aliphatic carbocycles. The van der Waals surface area contributed by atoms with Gasteiger partial charge in [-0.1, -0.05) is 23.8 Å². The zero-order valence-electron chi connectivity index (χ0n) is 22.3. The number of methoxy groups -OCH3 is 4. The summed E-state index contributed by atoms with van der Waals surface area (Å²) in [5.74, 6) is 1.58. The first-order chi connectivity index (χ1) is 18.7. The van der Waals surface area contributed by atoms with Gasteiger partial charge >= 0.3 is 0 Å². The maximum absolute atomic E-state index is 13.7. The zero-order chi connectivity index (χ0) is 27.6. The highest BCUT2D eigenvalue weighted by molar-refractivity contribution is 7.86. The van der Waals surface area contributed by atoms with Crippen molar-refractivity contribution in [2.45, 2.75) is 29.1 Å². The lowest BCUT2D eigenvalue weighted by Crippen LogP contribution is -2.51. The minimum Gasteiger partial charge on any atom is -0.493 e. The van der Waals surface area contributed by atoms with E-state index in [2.05, 4.69) is 0 Å². The third kappa shape index (κ3) is 3.58. The Morgan fingerprint density at radius 3 is 2.13 bits per heavy atom. The molecule has 39 heavy (non-hydrogen) atoms. The van der Waals surface area contributed by atoms with Gasteiger partial charge in [-0.15, -0.1) is 0 Å². The first-order valence-corrected chi connectivity index (χ1v) is 13.9. The molecule has 206 valence electrons. The second-order valence-corrected chi connectivity index (χ2v) is 11.5. The van der Waals surface area contributed by atoms with E-state index in [-0.39, 0.29) is 18.1 Å². The molecule has 3 aromatic rings. The number of ether oxygens (including phenoxy) is 6. The lowest BCUT2D eigenvalue weighted by atomic mass is 9.64. The summed E-state index contributed by atoms with van der Waals surface area (Å²) < 4.78 is 68.9. The van der Waals surface area contributed by atoms with Gasteiger partial charge in [-0.3, -0.25) is 4.18 Å². The van der Waals surface area contributed by atoms with Gasteiger partial charge in [-0.05, 0) is 60.0 Å². The predicted molar refractivity (Wildman–Crippen MR) is 140 cm³/mol. The van der Waals surface area contributed by atoms with Crippen LogP contribution >= 0.6 is 0 Å². The van der Waals surface area contributed by atoms with Crippen LogP contribution in [0.4, 0.5) is 0 Å². The van der Waals surface area contributed by atoms with Gasteiger partial charge in [0.05, 0.1) is 52.5 Å². The summed E-state index contributed by atoms with van der Waals surface area (Å²) in [4.78, 5) is 0.0728. The standard InChI is InChI=1S/C29H30O9S/c1-17-6-9-19(10-7-17)39(30,31)38-28-16-37-29(18-8-11-22(32-2)23(12-18)33-3)21-14-25(35-5)24(34-4)13-20(21)27(28)36-15-26(28)29/h6-14,26-27H,15-16H2,1-5H3/t26-,27-,28+,29-/m0/s1. The third-order valence-corrected chi connectivity index (χ3v) is 9.48. The number of fused-ring (bicyclic) bond motifs is 3. The molecule has 0 radical (unpaired) electrons. The first kappa shape index (κ1) is 25.9. The molecule has 2 heterocycles. The number of benzene rings is 3. The maximum Gasteiger partial charge on any atom is 0.297 e. The normalized spacial score (nSPS) is 26.7. The Balaban J connectivity index is 1.58. The second kappa shape index (κ2) is 9.12. The molecular weight excluding hydrogens is 524 g/mol. The fourth-order valence-electron chi connectivity index (χ4n) is 6.26. The van der Waals surface area contributed by atoms with Gasteiger partial charge in [-0.2, -0.15) is 8.42 Å². The summed E-state index contributed by atoms with van der Waals surface area (Å²) in [6.07, 6.45) is -0.715. The molecule has 9 nitrogen and oxygen atoms in total. The van der Waals surface area contributed by atoms with Gasteiger partial charge in [0.1, 0.15) is 17.3 Å². The lowest BCUT2D eigenvalue weighted by Gasteiger charge is -2.43. The number of hydrogen-bond donors (Lipinski definition) is 0. The van der Waals surface area contributed by atoms with Crippen LogP contribution in [0.2, 0.25) is 0 Å². The van der Waals surface area contributed by atoms with E-state index < -0.39 is 33.3 Å². The SMILES string of the molecule is COc1ccc([C@@]23OC[C@@]4(OS(=O)(=O)c5ccc(C)cc5)[C@@H]2CO[C@H]4c2cc(OC)c(OC)cc23)cc1OC. The molecule has 0 saturated carbocycles. The molecule has 2 aliphatic heterocycles. The molecule has 0 aromatic heterocycles. The van der Waals surface area contributed by atoms with Crippen molar-refractivity contribution in [1.82, 2.24) is 0 Å². The number of rotatable bonds is 8. The molecule has 3 aromatic carbocycles. The van der Waals surface area contributed by atoms with Gasteiger partial charge in [0, 0.05) is 0 Å². The van der Waals surface area contributed by atoms with E-state index in [1.165, 1.54) is 0 Å². The van der Waals surface area contributed by atoms with E-state index >= 15 is 0 Å². The average Bonchev–Trinajstić information content (AvgIpc) is 3.37. The van der Waals surface area contributed by atoms with Crippen LogP contribution in [0.1, 0.15) is 28.4 Å².